The Morgan fingerprint density at radius 2 is 1.95 bits per heavy atom. The van der Waals surface area contributed by atoms with Crippen molar-refractivity contribution < 1.29 is 15.0 Å². The second-order valence-electron chi connectivity index (χ2n) is 5.34. The molecule has 2 rings (SSSR count). The molecule has 110 valence electrons. The predicted octanol–water partition coefficient (Wildman–Crippen LogP) is 0.999. The molecule has 3 N–H and O–H groups in total. The molecule has 0 aromatic heterocycles. The molecule has 1 heterocycles. The second-order valence-corrected chi connectivity index (χ2v) is 5.34. The highest BCUT2D eigenvalue weighted by molar-refractivity contribution is 5.73. The average Bonchev–Trinajstić information content (AvgIpc) is 2.46. The number of rotatable bonds is 5. The summed E-state index contributed by atoms with van der Waals surface area (Å²) in [5.41, 5.74) is 2.46. The number of hydrogen-bond acceptors (Lipinski definition) is 4. The Kier molecular flexibility index (Phi) is 4.98. The van der Waals surface area contributed by atoms with Crippen molar-refractivity contribution in [2.75, 3.05) is 24.6 Å². The van der Waals surface area contributed by atoms with E-state index in [1.54, 1.807) is 0 Å². The van der Waals surface area contributed by atoms with E-state index in [9.17, 15) is 4.79 Å². The van der Waals surface area contributed by atoms with Gasteiger partial charge < -0.3 is 15.1 Å². The summed E-state index contributed by atoms with van der Waals surface area (Å²) in [6.07, 6.45) is 1.77. The molecule has 0 bridgehead atoms. The smallest absolute Gasteiger partial charge is 0.323 e. The molecule has 1 aromatic carbocycles. The highest BCUT2D eigenvalue weighted by Crippen LogP contribution is 2.20. The van der Waals surface area contributed by atoms with Gasteiger partial charge in [0, 0.05) is 24.8 Å². The molecule has 1 saturated heterocycles. The summed E-state index contributed by atoms with van der Waals surface area (Å²) in [6, 6.07) is 7.75. The average molecular weight is 278 g/mol. The van der Waals surface area contributed by atoms with E-state index in [1.807, 2.05) is 0 Å². The molecule has 1 fully saturated rings. The highest BCUT2D eigenvalue weighted by atomic mass is 16.4. The molecule has 1 aliphatic rings. The Hall–Kier alpha value is -1.59. The van der Waals surface area contributed by atoms with Gasteiger partial charge in [-0.2, -0.15) is 0 Å². The molecule has 1 aliphatic heterocycles. The zero-order valence-electron chi connectivity index (χ0n) is 11.7. The van der Waals surface area contributed by atoms with E-state index >= 15 is 0 Å². The van der Waals surface area contributed by atoms with Crippen molar-refractivity contribution in [3.05, 3.63) is 29.8 Å². The minimum absolute atomic E-state index is 0.157. The van der Waals surface area contributed by atoms with Gasteiger partial charge in [0.15, 0.2) is 0 Å². The number of anilines is 1. The Bertz CT molecular complexity index is 439. The van der Waals surface area contributed by atoms with E-state index in [-0.39, 0.29) is 12.6 Å². The number of aliphatic carboxylic acids is 1. The summed E-state index contributed by atoms with van der Waals surface area (Å²) in [7, 11) is 0. The monoisotopic (exact) mass is 278 g/mol. The van der Waals surface area contributed by atoms with Crippen LogP contribution in [0.15, 0.2) is 24.3 Å². The molecule has 0 radical (unpaired) electrons. The fourth-order valence-electron chi connectivity index (χ4n) is 2.55. The van der Waals surface area contributed by atoms with Gasteiger partial charge in [-0.15, -0.1) is 0 Å². The van der Waals surface area contributed by atoms with Crippen molar-refractivity contribution in [1.29, 1.82) is 0 Å². The van der Waals surface area contributed by atoms with Crippen LogP contribution in [-0.2, 0) is 4.79 Å². The molecular weight excluding hydrogens is 256 g/mol. The van der Waals surface area contributed by atoms with Gasteiger partial charge in [0.05, 0.1) is 6.61 Å². The predicted molar refractivity (Wildman–Crippen MR) is 78.1 cm³/mol. The van der Waals surface area contributed by atoms with Gasteiger partial charge in [-0.25, -0.2) is 0 Å². The van der Waals surface area contributed by atoms with Crippen molar-refractivity contribution in [1.82, 2.24) is 5.32 Å². The number of carboxylic acids is 1. The van der Waals surface area contributed by atoms with E-state index < -0.39 is 12.0 Å². The van der Waals surface area contributed by atoms with E-state index in [4.69, 9.17) is 10.2 Å². The van der Waals surface area contributed by atoms with Gasteiger partial charge in [-0.1, -0.05) is 17.7 Å². The number of aliphatic hydroxyl groups is 1. The first-order chi connectivity index (χ1) is 9.60. The standard InChI is InChI=1S/C15H22N2O3/c1-11-2-4-13(5-3-11)17-8-6-12(7-9-17)16-14(10-18)15(19)20/h2-5,12,14,16,18H,6-10H2,1H3,(H,19,20)/t14-/m1/s1. The Balaban J connectivity index is 1.86. The fourth-order valence-corrected chi connectivity index (χ4v) is 2.55. The van der Waals surface area contributed by atoms with Gasteiger partial charge in [-0.05, 0) is 31.9 Å². The van der Waals surface area contributed by atoms with Crippen LogP contribution in [0.4, 0.5) is 5.69 Å². The van der Waals surface area contributed by atoms with Gasteiger partial charge in [0.2, 0.25) is 0 Å². The van der Waals surface area contributed by atoms with Crippen LogP contribution in [0.2, 0.25) is 0 Å². The van der Waals surface area contributed by atoms with Crippen LogP contribution in [-0.4, -0.2) is 48.0 Å². The fraction of sp³-hybridized carbons (Fsp3) is 0.533. The van der Waals surface area contributed by atoms with Gasteiger partial charge in [0.1, 0.15) is 6.04 Å². The Morgan fingerprint density at radius 3 is 2.45 bits per heavy atom. The molecular formula is C15H22N2O3. The third-order valence-corrected chi connectivity index (χ3v) is 3.81. The molecule has 5 heteroatoms. The summed E-state index contributed by atoms with van der Waals surface area (Å²) >= 11 is 0. The molecule has 1 aromatic rings. The first-order valence-corrected chi connectivity index (χ1v) is 7.01. The molecule has 20 heavy (non-hydrogen) atoms. The van der Waals surface area contributed by atoms with E-state index in [0.29, 0.717) is 0 Å². The molecule has 0 spiro atoms. The lowest BCUT2D eigenvalue weighted by atomic mass is 10.0. The van der Waals surface area contributed by atoms with Gasteiger partial charge >= 0.3 is 5.97 Å². The van der Waals surface area contributed by atoms with Crippen LogP contribution in [0.5, 0.6) is 0 Å². The quantitative estimate of drug-likeness (QED) is 0.749. The minimum Gasteiger partial charge on any atom is -0.480 e. The van der Waals surface area contributed by atoms with Crippen LogP contribution < -0.4 is 10.2 Å². The number of piperidine rings is 1. The Labute approximate surface area is 119 Å². The van der Waals surface area contributed by atoms with Crippen LogP contribution in [0.1, 0.15) is 18.4 Å². The minimum atomic E-state index is -0.992. The number of carboxylic acid groups (broad SMARTS) is 1. The first kappa shape index (κ1) is 14.8. The number of nitrogens with one attached hydrogen (secondary N) is 1. The molecule has 0 aliphatic carbocycles. The maximum absolute atomic E-state index is 10.9. The maximum atomic E-state index is 10.9. The highest BCUT2D eigenvalue weighted by Gasteiger charge is 2.24. The van der Waals surface area contributed by atoms with Crippen LogP contribution in [0.25, 0.3) is 0 Å². The van der Waals surface area contributed by atoms with Crippen molar-refractivity contribution in [2.45, 2.75) is 31.8 Å². The van der Waals surface area contributed by atoms with Crippen LogP contribution in [0, 0.1) is 6.92 Å². The molecule has 0 saturated carbocycles. The molecule has 1 atom stereocenters. The lowest BCUT2D eigenvalue weighted by Gasteiger charge is -2.35. The zero-order valence-corrected chi connectivity index (χ0v) is 11.7. The summed E-state index contributed by atoms with van der Waals surface area (Å²) < 4.78 is 0. The van der Waals surface area contributed by atoms with Crippen molar-refractivity contribution in [3.63, 3.8) is 0 Å². The third-order valence-electron chi connectivity index (χ3n) is 3.81. The summed E-state index contributed by atoms with van der Waals surface area (Å²) in [5.74, 6) is -0.992. The summed E-state index contributed by atoms with van der Waals surface area (Å²) in [5, 5.41) is 21.0. The van der Waals surface area contributed by atoms with Crippen molar-refractivity contribution in [3.8, 4) is 0 Å². The van der Waals surface area contributed by atoms with E-state index in [1.165, 1.54) is 11.3 Å². The summed E-state index contributed by atoms with van der Waals surface area (Å²) in [4.78, 5) is 13.2. The third kappa shape index (κ3) is 3.71. The number of aryl methyl sites for hydroxylation is 1. The van der Waals surface area contributed by atoms with Crippen LogP contribution in [0.3, 0.4) is 0 Å². The van der Waals surface area contributed by atoms with Crippen LogP contribution >= 0.6 is 0 Å². The largest absolute Gasteiger partial charge is 0.480 e. The lowest BCUT2D eigenvalue weighted by molar-refractivity contribution is -0.140. The molecule has 5 nitrogen and oxygen atoms in total. The number of hydrogen-bond donors (Lipinski definition) is 3. The maximum Gasteiger partial charge on any atom is 0.323 e. The lowest BCUT2D eigenvalue weighted by Crippen LogP contribution is -2.50. The number of aliphatic hydroxyl groups excluding tert-OH is 1. The second kappa shape index (κ2) is 6.72. The normalized spacial score (nSPS) is 18.0. The van der Waals surface area contributed by atoms with Crippen molar-refractivity contribution >= 4 is 11.7 Å². The number of benzene rings is 1. The molecule has 0 unspecified atom stereocenters. The van der Waals surface area contributed by atoms with E-state index in [0.717, 1.165) is 25.9 Å². The Morgan fingerprint density at radius 1 is 1.35 bits per heavy atom. The topological polar surface area (TPSA) is 72.8 Å². The first-order valence-electron chi connectivity index (χ1n) is 7.01. The zero-order chi connectivity index (χ0) is 14.5. The number of nitrogens with zero attached hydrogens (tertiary/aromatic N) is 1. The van der Waals surface area contributed by atoms with E-state index in [2.05, 4.69) is 41.4 Å². The van der Waals surface area contributed by atoms with Gasteiger partial charge in [-0.3, -0.25) is 10.1 Å². The SMILES string of the molecule is Cc1ccc(N2CCC(N[C@H](CO)C(=O)O)CC2)cc1. The number of carbonyl (C=O) groups is 1. The summed E-state index contributed by atoms with van der Waals surface area (Å²) in [6.45, 7) is 3.51. The van der Waals surface area contributed by atoms with Gasteiger partial charge in [0.25, 0.3) is 0 Å². The molecule has 0 amide bonds. The van der Waals surface area contributed by atoms with Crippen molar-refractivity contribution in [2.24, 2.45) is 0 Å².